The van der Waals surface area contributed by atoms with Gasteiger partial charge in [0.15, 0.2) is 5.79 Å². The Morgan fingerprint density at radius 1 is 0.836 bits per heavy atom. The predicted octanol–water partition coefficient (Wildman–Crippen LogP) is 4.61. The number of fused-ring (bicyclic) bond motifs is 6. The van der Waals surface area contributed by atoms with Crippen LogP contribution in [0.2, 0.25) is 0 Å². The summed E-state index contributed by atoms with van der Waals surface area (Å²) < 4.78 is 60.5. The number of ether oxygens (including phenoxy) is 9. The van der Waals surface area contributed by atoms with E-state index in [1.54, 1.807) is 7.11 Å². The van der Waals surface area contributed by atoms with E-state index < -0.39 is 23.6 Å². The number of carbonyl (C=O) groups is 1. The first-order valence-electron chi connectivity index (χ1n) is 21.5. The van der Waals surface area contributed by atoms with E-state index in [1.807, 2.05) is 0 Å². The highest BCUT2D eigenvalue weighted by molar-refractivity contribution is 5.79. The molecule has 5 unspecified atom stereocenters. The number of methoxy groups -OCH3 is 1. The van der Waals surface area contributed by atoms with Crippen LogP contribution in [-0.2, 0) is 47.4 Å². The molecule has 19 atom stereocenters. The lowest BCUT2D eigenvalue weighted by molar-refractivity contribution is -0.293. The second-order valence-electron chi connectivity index (χ2n) is 18.8. The summed E-state index contributed by atoms with van der Waals surface area (Å²) in [7, 11) is 1.66. The second-order valence-corrected chi connectivity index (χ2v) is 18.8. The van der Waals surface area contributed by atoms with Gasteiger partial charge >= 0.3 is 0 Å². The fourth-order valence-corrected chi connectivity index (χ4v) is 12.1. The number of hydrogen-bond acceptors (Lipinski definition) is 12. The topological polar surface area (TPSA) is 146 Å². The average Bonchev–Trinajstić information content (AvgIpc) is 3.79. The maximum absolute atomic E-state index is 14.2. The summed E-state index contributed by atoms with van der Waals surface area (Å²) in [6.45, 7) is 13.4. The van der Waals surface area contributed by atoms with Crippen LogP contribution in [-0.4, -0.2) is 127 Å². The number of aliphatic hydroxyl groups is 1. The molecule has 0 saturated carbocycles. The fourth-order valence-electron chi connectivity index (χ4n) is 12.1. The Hall–Kier alpha value is -1.29. The van der Waals surface area contributed by atoms with Crippen molar-refractivity contribution in [1.82, 2.24) is 0 Å². The van der Waals surface area contributed by atoms with Gasteiger partial charge in [0.05, 0.1) is 61.0 Å². The zero-order chi connectivity index (χ0) is 38.2. The van der Waals surface area contributed by atoms with E-state index in [1.165, 1.54) is 5.57 Å². The summed E-state index contributed by atoms with van der Waals surface area (Å²) in [6.07, 6.45) is 7.32. The van der Waals surface area contributed by atoms with Gasteiger partial charge in [-0.15, -0.1) is 0 Å². The van der Waals surface area contributed by atoms with Gasteiger partial charge in [-0.25, -0.2) is 0 Å². The minimum atomic E-state index is -0.755. The lowest BCUT2D eigenvalue weighted by atomic mass is 9.81. The lowest BCUT2D eigenvalue weighted by Crippen LogP contribution is -2.61. The first-order valence-corrected chi connectivity index (χ1v) is 21.5. The number of nitrogens with two attached hydrogens (primary N) is 1. The fraction of sp³-hybridized carbons (Fsp3) is 0.884. The Balaban J connectivity index is 0.977. The zero-order valence-electron chi connectivity index (χ0n) is 33.1. The quantitative estimate of drug-likeness (QED) is 0.385. The van der Waals surface area contributed by atoms with Crippen molar-refractivity contribution in [3.05, 3.63) is 24.3 Å². The third-order valence-electron chi connectivity index (χ3n) is 14.8. The summed E-state index contributed by atoms with van der Waals surface area (Å²) >= 11 is 0. The molecule has 0 aliphatic carbocycles. The summed E-state index contributed by atoms with van der Waals surface area (Å²) in [5.74, 6) is -0.596. The Morgan fingerprint density at radius 2 is 1.62 bits per heavy atom. The van der Waals surface area contributed by atoms with E-state index >= 15 is 0 Å². The van der Waals surface area contributed by atoms with Crippen molar-refractivity contribution in [1.29, 1.82) is 0 Å². The van der Waals surface area contributed by atoms with Gasteiger partial charge in [0, 0.05) is 58.1 Å². The van der Waals surface area contributed by atoms with Crippen LogP contribution in [0.1, 0.15) is 110 Å². The molecule has 0 radical (unpaired) electrons. The molecule has 10 aliphatic heterocycles. The van der Waals surface area contributed by atoms with Crippen molar-refractivity contribution in [2.45, 2.75) is 213 Å². The number of Topliss-reactive ketones (excluding diaryl/α,β-unsaturated/α-hetero) is 1. The third-order valence-corrected chi connectivity index (χ3v) is 14.8. The Labute approximate surface area is 326 Å². The van der Waals surface area contributed by atoms with Gasteiger partial charge in [0.2, 0.25) is 0 Å². The molecule has 308 valence electrons. The molecular weight excluding hydrogens is 706 g/mol. The molecule has 3 N–H and O–H groups in total. The Morgan fingerprint density at radius 3 is 2.44 bits per heavy atom. The first kappa shape index (κ1) is 39.2. The minimum Gasteiger partial charge on any atom is -0.392 e. The van der Waals surface area contributed by atoms with Crippen LogP contribution < -0.4 is 5.73 Å². The number of ketones is 1. The molecule has 12 heteroatoms. The van der Waals surface area contributed by atoms with E-state index in [4.69, 9.17) is 48.4 Å². The van der Waals surface area contributed by atoms with E-state index in [9.17, 15) is 9.90 Å². The van der Waals surface area contributed by atoms with Gasteiger partial charge in [-0.3, -0.25) is 4.79 Å². The molecule has 0 amide bonds. The van der Waals surface area contributed by atoms with Crippen LogP contribution in [0.3, 0.4) is 0 Å². The number of rotatable bonds is 4. The Bertz CT molecular complexity index is 1460. The van der Waals surface area contributed by atoms with Crippen LogP contribution >= 0.6 is 0 Å². The molecule has 10 heterocycles. The maximum Gasteiger partial charge on any atom is 0.172 e. The number of carbonyl (C=O) groups excluding carboxylic acids is 1. The van der Waals surface area contributed by atoms with E-state index in [-0.39, 0.29) is 116 Å². The summed E-state index contributed by atoms with van der Waals surface area (Å²) in [5, 5.41) is 10.6. The predicted molar refractivity (Wildman–Crippen MR) is 200 cm³/mol. The summed E-state index contributed by atoms with van der Waals surface area (Å²) in [4.78, 5) is 14.2. The molecule has 10 saturated heterocycles. The highest BCUT2D eigenvalue weighted by Crippen LogP contribution is 2.58. The van der Waals surface area contributed by atoms with Crippen LogP contribution in [0.5, 0.6) is 0 Å². The molecule has 1 spiro atoms. The number of hydrogen-bond donors (Lipinski definition) is 2. The molecular formula is C43H65NO11. The van der Waals surface area contributed by atoms with Gasteiger partial charge < -0.3 is 53.5 Å². The van der Waals surface area contributed by atoms with Crippen molar-refractivity contribution in [3.63, 3.8) is 0 Å². The number of aliphatic hydroxyl groups excluding tert-OH is 1. The molecule has 0 aromatic carbocycles. The van der Waals surface area contributed by atoms with Gasteiger partial charge in [0.25, 0.3) is 0 Å². The van der Waals surface area contributed by atoms with Gasteiger partial charge in [-0.05, 0) is 75.4 Å². The molecule has 0 aromatic rings. The van der Waals surface area contributed by atoms with Crippen molar-refractivity contribution < 1.29 is 52.5 Å². The minimum absolute atomic E-state index is 0.0296. The van der Waals surface area contributed by atoms with Crippen molar-refractivity contribution in [2.24, 2.45) is 17.6 Å². The van der Waals surface area contributed by atoms with Crippen molar-refractivity contribution in [3.8, 4) is 0 Å². The van der Waals surface area contributed by atoms with Crippen LogP contribution in [0.15, 0.2) is 24.3 Å². The van der Waals surface area contributed by atoms with Crippen molar-refractivity contribution in [2.75, 3.05) is 13.7 Å². The van der Waals surface area contributed by atoms with E-state index in [0.29, 0.717) is 19.3 Å². The highest BCUT2D eigenvalue weighted by atomic mass is 16.8. The molecule has 10 aliphatic rings. The van der Waals surface area contributed by atoms with Crippen LogP contribution in [0, 0.1) is 11.8 Å². The average molecular weight is 772 g/mol. The molecule has 10 fully saturated rings. The third kappa shape index (κ3) is 7.36. The highest BCUT2D eigenvalue weighted by Gasteiger charge is 2.73. The Kier molecular flexibility index (Phi) is 11.0. The normalized spacial score (nSPS) is 52.0. The summed E-state index contributed by atoms with van der Waals surface area (Å²) in [6, 6.07) is 0. The second kappa shape index (κ2) is 15.4. The van der Waals surface area contributed by atoms with Crippen LogP contribution in [0.4, 0.5) is 0 Å². The summed E-state index contributed by atoms with van der Waals surface area (Å²) in [5.41, 5.74) is 7.60. The SMILES string of the molecule is C=C1C[C@@H]2CCCC[C@@]34C[C@]5(C)O[C@H]6C(O3)[C@H]3OC(CC[C@@H]3O[C@H]6C5O4)CC(=O)C[C@H]3[C@H](C[C@H]4O[C@@H](CCC1O2)C[C@@H](C)C4=C)OC(C[C@H](O)CN)[C@@H]3OC. The zero-order valence-corrected chi connectivity index (χ0v) is 33.1. The monoisotopic (exact) mass is 771 g/mol. The van der Waals surface area contributed by atoms with Gasteiger partial charge in [-0.2, -0.15) is 0 Å². The molecule has 12 bridgehead atoms. The van der Waals surface area contributed by atoms with Crippen molar-refractivity contribution >= 4 is 5.78 Å². The van der Waals surface area contributed by atoms with E-state index in [0.717, 1.165) is 69.8 Å². The van der Waals surface area contributed by atoms with E-state index in [2.05, 4.69) is 27.0 Å². The lowest BCUT2D eigenvalue weighted by Gasteiger charge is -2.47. The standard InChI is InChI=1S/C43H65NO11/c1-22-14-28-9-11-31-23(2)15-27(48-31)8-6-7-13-43-21-42(4)41(55-43)40-39(53-42)38(54-43)37-32(52-40)12-10-29(50-37)16-25(45)17-30-34(19-33(49-28)24(22)3)51-35(36(30)47-5)18-26(46)20-44/h22,26-41,46H,2-3,6-21,44H2,1,4-5H3/t22-,26+,27+,28+,29?,30+,31?,32+,33-,34+,35?,36-,37+,38?,39+,40-,41?,42+,43-/m1/s1. The largest absolute Gasteiger partial charge is 0.392 e. The van der Waals surface area contributed by atoms with Crippen LogP contribution in [0.25, 0.3) is 0 Å². The van der Waals surface area contributed by atoms with Gasteiger partial charge in [0.1, 0.15) is 41.9 Å². The smallest absolute Gasteiger partial charge is 0.172 e. The molecule has 55 heavy (non-hydrogen) atoms. The first-order chi connectivity index (χ1) is 26.4. The maximum atomic E-state index is 14.2. The molecule has 0 aromatic heterocycles. The van der Waals surface area contributed by atoms with Gasteiger partial charge in [-0.1, -0.05) is 26.5 Å². The molecule has 12 nitrogen and oxygen atoms in total. The molecule has 10 rings (SSSR count).